The number of halogens is 2. The summed E-state index contributed by atoms with van der Waals surface area (Å²) < 4.78 is 0. The molecule has 0 aliphatic heterocycles. The maximum atomic E-state index is 11.9. The lowest BCUT2D eigenvalue weighted by molar-refractivity contribution is -0.127. The van der Waals surface area contributed by atoms with Crippen LogP contribution in [0.2, 0.25) is 10.0 Å². The first-order valence-electron chi connectivity index (χ1n) is 6.06. The Morgan fingerprint density at radius 3 is 2.68 bits per heavy atom. The topological polar surface area (TPSA) is 52.9 Å². The molecular weight excluding hydrogens is 283 g/mol. The summed E-state index contributed by atoms with van der Waals surface area (Å²) in [4.78, 5) is 11.9. The zero-order valence-corrected chi connectivity index (χ0v) is 12.5. The average Bonchev–Trinajstić information content (AvgIpc) is 2.40. The molecule has 1 rings (SSSR count). The molecule has 1 aromatic carbocycles. The summed E-state index contributed by atoms with van der Waals surface area (Å²) in [5.41, 5.74) is -0.0504. The van der Waals surface area contributed by atoms with Crippen molar-refractivity contribution >= 4 is 29.1 Å². The lowest BCUT2D eigenvalue weighted by Gasteiger charge is -2.18. The Morgan fingerprint density at radius 2 is 2.16 bits per heavy atom. The molecule has 5 heteroatoms. The Bertz CT molecular complexity index is 511. The summed E-state index contributed by atoms with van der Waals surface area (Å²) in [5.74, 6) is -0.248. The molecule has 0 aliphatic rings. The Morgan fingerprint density at radius 1 is 1.47 bits per heavy atom. The van der Waals surface area contributed by atoms with Crippen molar-refractivity contribution in [2.75, 3.05) is 6.54 Å². The van der Waals surface area contributed by atoms with E-state index in [1.165, 1.54) is 0 Å². The molecule has 3 nitrogen and oxygen atoms in total. The smallest absolute Gasteiger partial charge is 0.240 e. The van der Waals surface area contributed by atoms with Gasteiger partial charge in [-0.3, -0.25) is 4.79 Å². The Kier molecular flexibility index (Phi) is 5.65. The van der Waals surface area contributed by atoms with Crippen LogP contribution in [0.1, 0.15) is 25.8 Å². The zero-order valence-electron chi connectivity index (χ0n) is 11.0. The Hall–Kier alpha value is -1.24. The molecule has 0 aliphatic carbocycles. The Labute approximate surface area is 123 Å². The monoisotopic (exact) mass is 298 g/mol. The predicted molar refractivity (Wildman–Crippen MR) is 77.2 cm³/mol. The summed E-state index contributed by atoms with van der Waals surface area (Å²) >= 11 is 11.8. The van der Waals surface area contributed by atoms with Gasteiger partial charge in [0.05, 0.1) is 6.07 Å². The van der Waals surface area contributed by atoms with Crippen molar-refractivity contribution in [3.05, 3.63) is 33.8 Å². The van der Waals surface area contributed by atoms with Crippen LogP contribution < -0.4 is 5.32 Å². The highest BCUT2D eigenvalue weighted by molar-refractivity contribution is 6.35. The molecule has 1 atom stereocenters. The van der Waals surface area contributed by atoms with Gasteiger partial charge in [-0.1, -0.05) is 36.2 Å². The van der Waals surface area contributed by atoms with Gasteiger partial charge in [-0.15, -0.1) is 0 Å². The maximum absolute atomic E-state index is 11.9. The molecule has 1 amide bonds. The third kappa shape index (κ3) is 4.12. The minimum absolute atomic E-state index is 0.248. The molecule has 0 saturated carbocycles. The number of nitrogens with zero attached hydrogens (tertiary/aromatic N) is 1. The summed E-state index contributed by atoms with van der Waals surface area (Å²) in [6, 6.07) is 7.31. The number of carbonyl (C=O) groups excluding carboxylic acids is 1. The number of hydrogen-bond donors (Lipinski definition) is 1. The largest absolute Gasteiger partial charge is 0.354 e. The molecule has 0 fully saturated rings. The van der Waals surface area contributed by atoms with Crippen molar-refractivity contribution in [2.45, 2.75) is 26.7 Å². The fourth-order valence-corrected chi connectivity index (χ4v) is 2.02. The van der Waals surface area contributed by atoms with Crippen molar-refractivity contribution in [3.8, 4) is 6.07 Å². The van der Waals surface area contributed by atoms with Crippen molar-refractivity contribution in [2.24, 2.45) is 5.41 Å². The lowest BCUT2D eigenvalue weighted by Crippen LogP contribution is -2.38. The van der Waals surface area contributed by atoms with Gasteiger partial charge in [0.2, 0.25) is 5.91 Å². The molecule has 0 saturated heterocycles. The minimum Gasteiger partial charge on any atom is -0.354 e. The van der Waals surface area contributed by atoms with Gasteiger partial charge in [0.15, 0.2) is 0 Å². The molecule has 0 bridgehead atoms. The van der Waals surface area contributed by atoms with Gasteiger partial charge in [0.1, 0.15) is 5.41 Å². The second-order valence-corrected chi connectivity index (χ2v) is 5.38. The van der Waals surface area contributed by atoms with E-state index in [1.54, 1.807) is 19.1 Å². The van der Waals surface area contributed by atoms with Crippen molar-refractivity contribution < 1.29 is 4.79 Å². The molecule has 0 heterocycles. The average molecular weight is 299 g/mol. The fraction of sp³-hybridized carbons (Fsp3) is 0.429. The van der Waals surface area contributed by atoms with E-state index < -0.39 is 5.41 Å². The summed E-state index contributed by atoms with van der Waals surface area (Å²) in [5, 5.41) is 12.9. The Balaban J connectivity index is 2.56. The summed E-state index contributed by atoms with van der Waals surface area (Å²) in [7, 11) is 0. The number of nitrogens with one attached hydrogen (secondary N) is 1. The molecule has 102 valence electrons. The SMILES string of the molecule is CCC(C)(C#N)C(=O)NCCc1ccc(Cl)cc1Cl. The quantitative estimate of drug-likeness (QED) is 0.903. The second kappa shape index (κ2) is 6.79. The maximum Gasteiger partial charge on any atom is 0.240 e. The third-order valence-electron chi connectivity index (χ3n) is 3.15. The van der Waals surface area contributed by atoms with E-state index in [1.807, 2.05) is 19.1 Å². The van der Waals surface area contributed by atoms with E-state index in [2.05, 4.69) is 5.32 Å². The van der Waals surface area contributed by atoms with Gasteiger partial charge in [-0.2, -0.15) is 5.26 Å². The van der Waals surface area contributed by atoms with E-state index in [-0.39, 0.29) is 5.91 Å². The van der Waals surface area contributed by atoms with Crippen LogP contribution in [-0.4, -0.2) is 12.5 Å². The van der Waals surface area contributed by atoms with Crippen molar-refractivity contribution in [3.63, 3.8) is 0 Å². The van der Waals surface area contributed by atoms with E-state index in [0.717, 1.165) is 5.56 Å². The molecule has 1 N–H and O–H groups in total. The van der Waals surface area contributed by atoms with Crippen LogP contribution in [0, 0.1) is 16.7 Å². The van der Waals surface area contributed by atoms with Crippen LogP contribution in [-0.2, 0) is 11.2 Å². The number of carbonyl (C=O) groups is 1. The lowest BCUT2D eigenvalue weighted by atomic mass is 9.88. The molecule has 0 spiro atoms. The molecule has 0 radical (unpaired) electrons. The van der Waals surface area contributed by atoms with Gasteiger partial charge in [0, 0.05) is 16.6 Å². The standard InChI is InChI=1S/C14H16Cl2N2O/c1-3-14(2,9-17)13(19)18-7-6-10-4-5-11(15)8-12(10)16/h4-5,8H,3,6-7H2,1-2H3,(H,18,19). The van der Waals surface area contributed by atoms with E-state index >= 15 is 0 Å². The number of rotatable bonds is 5. The van der Waals surface area contributed by atoms with Crippen LogP contribution in [0.4, 0.5) is 0 Å². The predicted octanol–water partition coefficient (Wildman–Crippen LogP) is 3.59. The first-order valence-corrected chi connectivity index (χ1v) is 6.82. The fourth-order valence-electron chi connectivity index (χ4n) is 1.52. The molecular formula is C14H16Cl2N2O. The minimum atomic E-state index is -0.968. The highest BCUT2D eigenvalue weighted by Crippen LogP contribution is 2.22. The van der Waals surface area contributed by atoms with Crippen LogP contribution in [0.3, 0.4) is 0 Å². The highest BCUT2D eigenvalue weighted by Gasteiger charge is 2.30. The van der Waals surface area contributed by atoms with Crippen LogP contribution >= 0.6 is 23.2 Å². The number of benzene rings is 1. The van der Waals surface area contributed by atoms with Crippen molar-refractivity contribution in [1.29, 1.82) is 5.26 Å². The first-order chi connectivity index (χ1) is 8.92. The number of hydrogen-bond acceptors (Lipinski definition) is 2. The van der Waals surface area contributed by atoms with Gasteiger partial charge in [0.25, 0.3) is 0 Å². The van der Waals surface area contributed by atoms with Gasteiger partial charge < -0.3 is 5.32 Å². The van der Waals surface area contributed by atoms with Crippen LogP contribution in [0.5, 0.6) is 0 Å². The third-order valence-corrected chi connectivity index (χ3v) is 3.74. The number of amides is 1. The van der Waals surface area contributed by atoms with Crippen LogP contribution in [0.25, 0.3) is 0 Å². The summed E-state index contributed by atoms with van der Waals surface area (Å²) in [6.45, 7) is 3.90. The van der Waals surface area contributed by atoms with E-state index in [0.29, 0.717) is 29.4 Å². The highest BCUT2D eigenvalue weighted by atomic mass is 35.5. The van der Waals surface area contributed by atoms with E-state index in [4.69, 9.17) is 28.5 Å². The summed E-state index contributed by atoms with van der Waals surface area (Å²) in [6.07, 6.45) is 1.09. The first kappa shape index (κ1) is 15.8. The van der Waals surface area contributed by atoms with Gasteiger partial charge in [-0.05, 0) is 37.5 Å². The zero-order chi connectivity index (χ0) is 14.5. The molecule has 1 aromatic rings. The molecule has 19 heavy (non-hydrogen) atoms. The second-order valence-electron chi connectivity index (χ2n) is 4.54. The van der Waals surface area contributed by atoms with Crippen molar-refractivity contribution in [1.82, 2.24) is 5.32 Å². The van der Waals surface area contributed by atoms with Crippen LogP contribution in [0.15, 0.2) is 18.2 Å². The molecule has 0 aromatic heterocycles. The van der Waals surface area contributed by atoms with Gasteiger partial charge in [-0.25, -0.2) is 0 Å². The number of nitriles is 1. The normalized spacial score (nSPS) is 13.4. The molecule has 1 unspecified atom stereocenters. The van der Waals surface area contributed by atoms with E-state index in [9.17, 15) is 4.79 Å². The van der Waals surface area contributed by atoms with Gasteiger partial charge >= 0.3 is 0 Å².